The van der Waals surface area contributed by atoms with Crippen LogP contribution >= 0.6 is 0 Å². The van der Waals surface area contributed by atoms with Gasteiger partial charge in [0.05, 0.1) is 12.8 Å². The zero-order valence-corrected chi connectivity index (χ0v) is 18.4. The lowest BCUT2D eigenvalue weighted by atomic mass is 10.1. The highest BCUT2D eigenvalue weighted by Gasteiger charge is 2.13. The monoisotopic (exact) mass is 430 g/mol. The summed E-state index contributed by atoms with van der Waals surface area (Å²) >= 11 is 0. The Morgan fingerprint density at radius 3 is 2.34 bits per heavy atom. The van der Waals surface area contributed by atoms with Gasteiger partial charge in [0.15, 0.2) is 0 Å². The molecule has 2 amide bonds. The molecule has 32 heavy (non-hydrogen) atoms. The fourth-order valence-corrected chi connectivity index (χ4v) is 2.96. The fraction of sp³-hybridized carbons (Fsp3) is 0.154. The van der Waals surface area contributed by atoms with Crippen molar-refractivity contribution in [2.24, 2.45) is 0 Å². The van der Waals surface area contributed by atoms with Crippen molar-refractivity contribution in [3.63, 3.8) is 0 Å². The van der Waals surface area contributed by atoms with Crippen LogP contribution in [0.5, 0.6) is 11.5 Å². The number of anilines is 1. The van der Waals surface area contributed by atoms with E-state index in [1.54, 1.807) is 38.4 Å². The smallest absolute Gasteiger partial charge is 0.253 e. The fourth-order valence-electron chi connectivity index (χ4n) is 2.96. The molecule has 0 spiro atoms. The molecule has 0 aliphatic rings. The maximum absolute atomic E-state index is 12.4. The second kappa shape index (κ2) is 10.8. The quantitative estimate of drug-likeness (QED) is 0.529. The van der Waals surface area contributed by atoms with E-state index in [9.17, 15) is 9.59 Å². The molecule has 0 radical (unpaired) electrons. The number of amides is 2. The molecular formula is C26H26N2O4. The lowest BCUT2D eigenvalue weighted by Gasteiger charge is -2.14. The summed E-state index contributed by atoms with van der Waals surface area (Å²) in [7, 11) is 4.85. The molecule has 0 saturated heterocycles. The van der Waals surface area contributed by atoms with Gasteiger partial charge in [-0.05, 0) is 47.5 Å². The van der Waals surface area contributed by atoms with Crippen LogP contribution in [0, 0.1) is 0 Å². The molecule has 0 heterocycles. The SMILES string of the molecule is COc1ccc(C(=O)N(C)C)cc1NC(=O)/C=C/c1ccc(OCc2ccccc2)cc1. The van der Waals surface area contributed by atoms with Crippen LogP contribution in [0.15, 0.2) is 78.9 Å². The Hall–Kier alpha value is -4.06. The van der Waals surface area contributed by atoms with Crippen molar-refractivity contribution in [3.8, 4) is 11.5 Å². The Balaban J connectivity index is 1.61. The highest BCUT2D eigenvalue weighted by atomic mass is 16.5. The van der Waals surface area contributed by atoms with Gasteiger partial charge in [-0.1, -0.05) is 42.5 Å². The standard InChI is InChI=1S/C26H26N2O4/c1-28(2)26(30)21-12-15-24(31-3)23(17-21)27-25(29)16-11-19-9-13-22(14-10-19)32-18-20-7-5-4-6-8-20/h4-17H,18H2,1-3H3,(H,27,29)/b16-11+. The number of hydrogen-bond acceptors (Lipinski definition) is 4. The van der Waals surface area contributed by atoms with Crippen molar-refractivity contribution in [1.82, 2.24) is 4.90 Å². The zero-order chi connectivity index (χ0) is 22.9. The van der Waals surface area contributed by atoms with E-state index in [0.29, 0.717) is 23.6 Å². The molecule has 3 aromatic carbocycles. The molecular weight excluding hydrogens is 404 g/mol. The van der Waals surface area contributed by atoms with Crippen molar-refractivity contribution in [1.29, 1.82) is 0 Å². The number of ether oxygens (including phenoxy) is 2. The van der Waals surface area contributed by atoms with E-state index >= 15 is 0 Å². The van der Waals surface area contributed by atoms with E-state index in [1.165, 1.54) is 18.1 Å². The van der Waals surface area contributed by atoms with Crippen molar-refractivity contribution in [2.75, 3.05) is 26.5 Å². The molecule has 0 bridgehead atoms. The van der Waals surface area contributed by atoms with Gasteiger partial charge in [0.2, 0.25) is 5.91 Å². The number of hydrogen-bond donors (Lipinski definition) is 1. The first kappa shape index (κ1) is 22.6. The molecule has 0 unspecified atom stereocenters. The van der Waals surface area contributed by atoms with Gasteiger partial charge in [0, 0.05) is 25.7 Å². The number of methoxy groups -OCH3 is 1. The van der Waals surface area contributed by atoms with Gasteiger partial charge in [-0.25, -0.2) is 0 Å². The van der Waals surface area contributed by atoms with Crippen molar-refractivity contribution in [3.05, 3.63) is 95.6 Å². The Morgan fingerprint density at radius 1 is 0.969 bits per heavy atom. The average Bonchev–Trinajstić information content (AvgIpc) is 2.82. The van der Waals surface area contributed by atoms with Gasteiger partial charge in [0.25, 0.3) is 5.91 Å². The summed E-state index contributed by atoms with van der Waals surface area (Å²) in [6.45, 7) is 0.496. The predicted molar refractivity (Wildman–Crippen MR) is 126 cm³/mol. The summed E-state index contributed by atoms with van der Waals surface area (Å²) in [5, 5.41) is 2.77. The molecule has 164 valence electrons. The second-order valence-electron chi connectivity index (χ2n) is 7.28. The Morgan fingerprint density at radius 2 is 1.69 bits per heavy atom. The Kier molecular flexibility index (Phi) is 7.65. The first-order valence-corrected chi connectivity index (χ1v) is 10.1. The van der Waals surface area contributed by atoms with E-state index in [0.717, 1.165) is 16.9 Å². The number of nitrogens with zero attached hydrogens (tertiary/aromatic N) is 1. The van der Waals surface area contributed by atoms with E-state index in [1.807, 2.05) is 54.6 Å². The summed E-state index contributed by atoms with van der Waals surface area (Å²) in [6, 6.07) is 22.3. The molecule has 3 aromatic rings. The molecule has 0 atom stereocenters. The summed E-state index contributed by atoms with van der Waals surface area (Å²) < 4.78 is 11.1. The minimum absolute atomic E-state index is 0.159. The van der Waals surface area contributed by atoms with Crippen molar-refractivity contribution in [2.45, 2.75) is 6.61 Å². The molecule has 0 saturated carbocycles. The molecule has 1 N–H and O–H groups in total. The summed E-state index contributed by atoms with van der Waals surface area (Å²) in [4.78, 5) is 26.1. The number of carbonyl (C=O) groups excluding carboxylic acids is 2. The lowest BCUT2D eigenvalue weighted by molar-refractivity contribution is -0.111. The van der Waals surface area contributed by atoms with Gasteiger partial charge in [-0.2, -0.15) is 0 Å². The molecule has 3 rings (SSSR count). The van der Waals surface area contributed by atoms with Gasteiger partial charge in [-0.15, -0.1) is 0 Å². The number of rotatable bonds is 8. The molecule has 6 heteroatoms. The molecule has 6 nitrogen and oxygen atoms in total. The highest BCUT2D eigenvalue weighted by Crippen LogP contribution is 2.26. The number of nitrogens with one attached hydrogen (secondary N) is 1. The first-order valence-electron chi connectivity index (χ1n) is 10.1. The van der Waals surface area contributed by atoms with E-state index in [4.69, 9.17) is 9.47 Å². The van der Waals surface area contributed by atoms with Crippen LogP contribution in [0.1, 0.15) is 21.5 Å². The van der Waals surface area contributed by atoms with Crippen LogP contribution in [0.3, 0.4) is 0 Å². The minimum Gasteiger partial charge on any atom is -0.495 e. The molecule has 0 aromatic heterocycles. The Labute approximate surface area is 188 Å². The normalized spacial score (nSPS) is 10.6. The van der Waals surface area contributed by atoms with Crippen LogP contribution in [-0.2, 0) is 11.4 Å². The second-order valence-corrected chi connectivity index (χ2v) is 7.28. The summed E-state index contributed by atoms with van der Waals surface area (Å²) in [6.07, 6.45) is 3.14. The largest absolute Gasteiger partial charge is 0.495 e. The van der Waals surface area contributed by atoms with Crippen LogP contribution < -0.4 is 14.8 Å². The molecule has 0 fully saturated rings. The van der Waals surface area contributed by atoms with Crippen LogP contribution in [0.25, 0.3) is 6.08 Å². The van der Waals surface area contributed by atoms with Gasteiger partial charge < -0.3 is 19.7 Å². The highest BCUT2D eigenvalue weighted by molar-refractivity contribution is 6.04. The predicted octanol–water partition coefficient (Wildman–Crippen LogP) is 4.63. The first-order chi connectivity index (χ1) is 15.5. The summed E-state index contributed by atoms with van der Waals surface area (Å²) in [5.74, 6) is 0.736. The zero-order valence-electron chi connectivity index (χ0n) is 18.4. The van der Waals surface area contributed by atoms with Gasteiger partial charge in [-0.3, -0.25) is 9.59 Å². The van der Waals surface area contributed by atoms with Crippen LogP contribution in [0.2, 0.25) is 0 Å². The third-order valence-electron chi connectivity index (χ3n) is 4.67. The maximum atomic E-state index is 12.4. The lowest BCUT2D eigenvalue weighted by Crippen LogP contribution is -2.22. The van der Waals surface area contributed by atoms with Crippen molar-refractivity contribution >= 4 is 23.6 Å². The summed E-state index contributed by atoms with van der Waals surface area (Å²) in [5.41, 5.74) is 2.84. The van der Waals surface area contributed by atoms with Crippen LogP contribution in [-0.4, -0.2) is 37.9 Å². The van der Waals surface area contributed by atoms with E-state index in [2.05, 4.69) is 5.32 Å². The topological polar surface area (TPSA) is 67.9 Å². The molecule has 0 aliphatic carbocycles. The number of benzene rings is 3. The Bertz CT molecular complexity index is 1090. The maximum Gasteiger partial charge on any atom is 0.253 e. The van der Waals surface area contributed by atoms with Crippen LogP contribution in [0.4, 0.5) is 5.69 Å². The van der Waals surface area contributed by atoms with E-state index in [-0.39, 0.29) is 11.8 Å². The molecule has 0 aliphatic heterocycles. The van der Waals surface area contributed by atoms with Gasteiger partial charge in [0.1, 0.15) is 18.1 Å². The third kappa shape index (κ3) is 6.22. The average molecular weight is 431 g/mol. The van der Waals surface area contributed by atoms with Gasteiger partial charge >= 0.3 is 0 Å². The van der Waals surface area contributed by atoms with E-state index < -0.39 is 0 Å². The van der Waals surface area contributed by atoms with Crippen molar-refractivity contribution < 1.29 is 19.1 Å². The number of carbonyl (C=O) groups is 2. The minimum atomic E-state index is -0.331. The third-order valence-corrected chi connectivity index (χ3v) is 4.67.